The Morgan fingerprint density at radius 3 is 2.26 bits per heavy atom. The summed E-state index contributed by atoms with van der Waals surface area (Å²) < 4.78 is 5.73. The minimum absolute atomic E-state index is 0.460. The van der Waals surface area contributed by atoms with Crippen LogP contribution in [0.3, 0.4) is 0 Å². The van der Waals surface area contributed by atoms with Gasteiger partial charge in [0.1, 0.15) is 0 Å². The molecule has 0 unspecified atom stereocenters. The van der Waals surface area contributed by atoms with E-state index in [9.17, 15) is 0 Å². The van der Waals surface area contributed by atoms with Crippen LogP contribution in [0.5, 0.6) is 0 Å². The molecule has 2 heterocycles. The number of anilines is 1. The lowest BCUT2D eigenvalue weighted by Crippen LogP contribution is -2.20. The Hall–Kier alpha value is -2.76. The van der Waals surface area contributed by atoms with Crippen molar-refractivity contribution in [2.45, 2.75) is 27.3 Å². The number of hydrogen-bond acceptors (Lipinski definition) is 6. The average Bonchev–Trinajstić information content (AvgIpc) is 3.01. The van der Waals surface area contributed by atoms with Gasteiger partial charge < -0.3 is 9.32 Å². The maximum absolute atomic E-state index is 5.73. The van der Waals surface area contributed by atoms with Gasteiger partial charge in [0.05, 0.1) is 6.54 Å². The molecule has 0 amide bonds. The molecular formula is C17H19N5O. The largest absolute Gasteiger partial charge is 0.419 e. The molecule has 0 saturated carbocycles. The molecule has 0 aliphatic heterocycles. The average molecular weight is 309 g/mol. The van der Waals surface area contributed by atoms with Gasteiger partial charge in [-0.3, -0.25) is 0 Å². The van der Waals surface area contributed by atoms with Gasteiger partial charge in [-0.2, -0.15) is 0 Å². The normalized spacial score (nSPS) is 10.8. The van der Waals surface area contributed by atoms with Crippen molar-refractivity contribution < 1.29 is 4.42 Å². The minimum Gasteiger partial charge on any atom is -0.419 e. The van der Waals surface area contributed by atoms with Gasteiger partial charge in [0, 0.05) is 24.0 Å². The number of aryl methyl sites for hydroxylation is 2. The highest BCUT2D eigenvalue weighted by molar-refractivity contribution is 5.51. The zero-order valence-electron chi connectivity index (χ0n) is 13.7. The van der Waals surface area contributed by atoms with Crippen LogP contribution in [0.2, 0.25) is 0 Å². The molecule has 0 saturated heterocycles. The van der Waals surface area contributed by atoms with E-state index in [4.69, 9.17) is 4.42 Å². The van der Waals surface area contributed by atoms with Crippen LogP contribution < -0.4 is 4.90 Å². The van der Waals surface area contributed by atoms with Gasteiger partial charge in [0.25, 0.3) is 0 Å². The second-order valence-electron chi connectivity index (χ2n) is 5.54. The van der Waals surface area contributed by atoms with Crippen LogP contribution in [0.1, 0.15) is 22.8 Å². The van der Waals surface area contributed by atoms with Gasteiger partial charge in [-0.1, -0.05) is 18.2 Å². The maximum Gasteiger partial charge on any atom is 0.247 e. The van der Waals surface area contributed by atoms with E-state index >= 15 is 0 Å². The van der Waals surface area contributed by atoms with Crippen molar-refractivity contribution in [3.63, 3.8) is 0 Å². The van der Waals surface area contributed by atoms with Gasteiger partial charge in [0.15, 0.2) is 0 Å². The van der Waals surface area contributed by atoms with Crippen LogP contribution >= 0.6 is 0 Å². The molecule has 6 nitrogen and oxygen atoms in total. The maximum atomic E-state index is 5.73. The Bertz CT molecular complexity index is 790. The first-order valence-electron chi connectivity index (χ1n) is 7.45. The summed E-state index contributed by atoms with van der Waals surface area (Å²) in [5.41, 5.74) is 3.99. The standard InChI is InChI=1S/C17H19N5O/c1-11-12(2)18-17(19-13(11)3)22(4)10-15-20-21-16(23-15)14-8-6-5-7-9-14/h5-9H,10H2,1-4H3. The Morgan fingerprint density at radius 2 is 1.61 bits per heavy atom. The first-order valence-corrected chi connectivity index (χ1v) is 7.45. The summed E-state index contributed by atoms with van der Waals surface area (Å²) >= 11 is 0. The molecule has 0 atom stereocenters. The van der Waals surface area contributed by atoms with Gasteiger partial charge in [0.2, 0.25) is 17.7 Å². The molecule has 0 aliphatic carbocycles. The molecule has 118 valence electrons. The zero-order valence-corrected chi connectivity index (χ0v) is 13.7. The van der Waals surface area contributed by atoms with Crippen LogP contribution in [0.25, 0.3) is 11.5 Å². The van der Waals surface area contributed by atoms with Crippen molar-refractivity contribution >= 4 is 5.95 Å². The van der Waals surface area contributed by atoms with Crippen molar-refractivity contribution in [2.75, 3.05) is 11.9 Å². The molecule has 0 N–H and O–H groups in total. The van der Waals surface area contributed by atoms with Crippen molar-refractivity contribution in [3.8, 4) is 11.5 Å². The third-order valence-electron chi connectivity index (χ3n) is 3.82. The summed E-state index contributed by atoms with van der Waals surface area (Å²) in [6.45, 7) is 6.46. The third kappa shape index (κ3) is 3.21. The van der Waals surface area contributed by atoms with E-state index in [-0.39, 0.29) is 0 Å². The fourth-order valence-electron chi connectivity index (χ4n) is 2.21. The molecule has 3 rings (SSSR count). The molecule has 2 aromatic heterocycles. The molecule has 0 spiro atoms. The fourth-order valence-corrected chi connectivity index (χ4v) is 2.21. The smallest absolute Gasteiger partial charge is 0.247 e. The lowest BCUT2D eigenvalue weighted by Gasteiger charge is -2.16. The number of nitrogens with zero attached hydrogens (tertiary/aromatic N) is 5. The number of aromatic nitrogens is 4. The minimum atomic E-state index is 0.460. The third-order valence-corrected chi connectivity index (χ3v) is 3.82. The first kappa shape index (κ1) is 15.1. The predicted molar refractivity (Wildman–Crippen MR) is 88.1 cm³/mol. The van der Waals surface area contributed by atoms with Crippen LogP contribution in [0.4, 0.5) is 5.95 Å². The highest BCUT2D eigenvalue weighted by Gasteiger charge is 2.14. The van der Waals surface area contributed by atoms with Crippen LogP contribution in [0.15, 0.2) is 34.7 Å². The molecule has 23 heavy (non-hydrogen) atoms. The van der Waals surface area contributed by atoms with E-state index in [1.54, 1.807) is 0 Å². The Kier molecular flexibility index (Phi) is 4.06. The first-order chi connectivity index (χ1) is 11.0. The Morgan fingerprint density at radius 1 is 0.957 bits per heavy atom. The lowest BCUT2D eigenvalue weighted by molar-refractivity contribution is 0.502. The molecule has 0 radical (unpaired) electrons. The van der Waals surface area contributed by atoms with Crippen molar-refractivity contribution in [3.05, 3.63) is 53.2 Å². The van der Waals surface area contributed by atoms with Crippen molar-refractivity contribution in [2.24, 2.45) is 0 Å². The van der Waals surface area contributed by atoms with E-state index in [0.717, 1.165) is 22.5 Å². The fraction of sp³-hybridized carbons (Fsp3) is 0.294. The Balaban J connectivity index is 1.79. The molecule has 6 heteroatoms. The number of benzene rings is 1. The van der Waals surface area contributed by atoms with Crippen molar-refractivity contribution in [1.29, 1.82) is 0 Å². The summed E-state index contributed by atoms with van der Waals surface area (Å²) in [5, 5.41) is 8.20. The second kappa shape index (κ2) is 6.16. The summed E-state index contributed by atoms with van der Waals surface area (Å²) in [5.74, 6) is 1.71. The topological polar surface area (TPSA) is 67.9 Å². The van der Waals surface area contributed by atoms with Crippen molar-refractivity contribution in [1.82, 2.24) is 20.2 Å². The monoisotopic (exact) mass is 309 g/mol. The highest BCUT2D eigenvalue weighted by atomic mass is 16.4. The zero-order chi connectivity index (χ0) is 16.4. The lowest BCUT2D eigenvalue weighted by atomic mass is 10.2. The van der Waals surface area contributed by atoms with Crippen LogP contribution in [0, 0.1) is 20.8 Å². The predicted octanol–water partition coefficient (Wildman–Crippen LogP) is 3.09. The van der Waals surface area contributed by atoms with E-state index in [1.165, 1.54) is 0 Å². The van der Waals surface area contributed by atoms with E-state index < -0.39 is 0 Å². The van der Waals surface area contributed by atoms with Gasteiger partial charge in [-0.15, -0.1) is 10.2 Å². The molecule has 0 aliphatic rings. The van der Waals surface area contributed by atoms with Gasteiger partial charge >= 0.3 is 0 Å². The summed E-state index contributed by atoms with van der Waals surface area (Å²) in [4.78, 5) is 10.9. The summed E-state index contributed by atoms with van der Waals surface area (Å²) in [6, 6.07) is 9.72. The number of hydrogen-bond donors (Lipinski definition) is 0. The second-order valence-corrected chi connectivity index (χ2v) is 5.54. The summed E-state index contributed by atoms with van der Waals surface area (Å²) in [6.07, 6.45) is 0. The number of rotatable bonds is 4. The SMILES string of the molecule is Cc1nc(N(C)Cc2nnc(-c3ccccc3)o2)nc(C)c1C. The molecular weight excluding hydrogens is 290 g/mol. The van der Waals surface area contributed by atoms with Crippen LogP contribution in [-0.4, -0.2) is 27.2 Å². The molecule has 0 bridgehead atoms. The van der Waals surface area contributed by atoms with E-state index in [0.29, 0.717) is 24.3 Å². The molecule has 1 aromatic carbocycles. The Labute approximate surface area is 135 Å². The molecule has 3 aromatic rings. The van der Waals surface area contributed by atoms with Gasteiger partial charge in [-0.25, -0.2) is 9.97 Å². The van der Waals surface area contributed by atoms with E-state index in [2.05, 4.69) is 20.2 Å². The molecule has 0 fully saturated rings. The van der Waals surface area contributed by atoms with E-state index in [1.807, 2.05) is 63.1 Å². The quantitative estimate of drug-likeness (QED) is 0.737. The van der Waals surface area contributed by atoms with Crippen LogP contribution in [-0.2, 0) is 6.54 Å². The summed E-state index contributed by atoms with van der Waals surface area (Å²) in [7, 11) is 1.91. The highest BCUT2D eigenvalue weighted by Crippen LogP contribution is 2.19. The van der Waals surface area contributed by atoms with Gasteiger partial charge in [-0.05, 0) is 38.5 Å².